The molecule has 8 heteroatoms. The van der Waals surface area contributed by atoms with Gasteiger partial charge in [-0.25, -0.2) is 9.78 Å². The second-order valence-corrected chi connectivity index (χ2v) is 8.80. The molecule has 2 aliphatic carbocycles. The van der Waals surface area contributed by atoms with E-state index in [1.54, 1.807) is 11.3 Å². The number of hydrogen-bond donors (Lipinski definition) is 2. The molecule has 2 aromatic heterocycles. The zero-order valence-corrected chi connectivity index (χ0v) is 16.2. The van der Waals surface area contributed by atoms with Crippen molar-refractivity contribution in [2.75, 3.05) is 0 Å². The second-order valence-electron chi connectivity index (χ2n) is 7.71. The monoisotopic (exact) mass is 388 g/mol. The van der Waals surface area contributed by atoms with Crippen LogP contribution in [0, 0.1) is 5.92 Å². The highest BCUT2D eigenvalue weighted by atomic mass is 32.1. The molecule has 0 aromatic carbocycles. The fraction of sp³-hybridized carbons (Fsp3) is 0.579. The zero-order chi connectivity index (χ0) is 19.0. The quantitative estimate of drug-likeness (QED) is 0.844. The minimum atomic E-state index is -0.508. The highest BCUT2D eigenvalue weighted by Gasteiger charge is 2.24. The summed E-state index contributed by atoms with van der Waals surface area (Å²) in [6.45, 7) is 2.01. The summed E-state index contributed by atoms with van der Waals surface area (Å²) in [7, 11) is 0. The number of amides is 3. The van der Waals surface area contributed by atoms with Gasteiger partial charge in [-0.1, -0.05) is 19.8 Å². The van der Waals surface area contributed by atoms with Gasteiger partial charge in [0.15, 0.2) is 0 Å². The van der Waals surface area contributed by atoms with Crippen LogP contribution in [-0.4, -0.2) is 27.5 Å². The number of carbonyl (C=O) groups is 2. The molecule has 2 aliphatic rings. The Kier molecular flexibility index (Phi) is 4.99. The maximum atomic E-state index is 12.9. The van der Waals surface area contributed by atoms with E-state index in [1.807, 2.05) is 0 Å². The summed E-state index contributed by atoms with van der Waals surface area (Å²) in [6.07, 6.45) is 8.44. The van der Waals surface area contributed by atoms with Crippen LogP contribution in [0.2, 0.25) is 0 Å². The van der Waals surface area contributed by atoms with Gasteiger partial charge in [0.25, 0.3) is 5.56 Å². The number of rotatable bonds is 3. The van der Waals surface area contributed by atoms with Crippen LogP contribution in [0.3, 0.4) is 0 Å². The molecule has 0 unspecified atom stereocenters. The summed E-state index contributed by atoms with van der Waals surface area (Å²) in [4.78, 5) is 43.4. The van der Waals surface area contributed by atoms with Crippen molar-refractivity contribution < 1.29 is 9.59 Å². The number of hydrogen-bond acceptors (Lipinski definition) is 5. The van der Waals surface area contributed by atoms with Crippen molar-refractivity contribution in [3.05, 3.63) is 27.1 Å². The lowest BCUT2D eigenvalue weighted by Gasteiger charge is -2.17. The van der Waals surface area contributed by atoms with Gasteiger partial charge >= 0.3 is 6.03 Å². The van der Waals surface area contributed by atoms with Crippen molar-refractivity contribution in [3.63, 3.8) is 0 Å². The van der Waals surface area contributed by atoms with Gasteiger partial charge in [0.1, 0.15) is 11.4 Å². The van der Waals surface area contributed by atoms with E-state index in [-0.39, 0.29) is 18.1 Å². The Hall–Kier alpha value is -2.22. The van der Waals surface area contributed by atoms with E-state index in [1.165, 1.54) is 15.8 Å². The number of carbonyl (C=O) groups excluding carboxylic acids is 2. The van der Waals surface area contributed by atoms with Gasteiger partial charge in [0, 0.05) is 10.9 Å². The van der Waals surface area contributed by atoms with Gasteiger partial charge in [-0.05, 0) is 43.6 Å². The van der Waals surface area contributed by atoms with Crippen LogP contribution in [0.25, 0.3) is 10.2 Å². The lowest BCUT2D eigenvalue weighted by atomic mass is 9.89. The van der Waals surface area contributed by atoms with E-state index >= 15 is 0 Å². The molecule has 0 radical (unpaired) electrons. The van der Waals surface area contributed by atoms with Crippen LogP contribution in [0.5, 0.6) is 0 Å². The number of nitrogens with one attached hydrogen (secondary N) is 2. The second kappa shape index (κ2) is 7.42. The number of aromatic nitrogens is 2. The summed E-state index contributed by atoms with van der Waals surface area (Å²) in [5.74, 6) is 0.114. The molecular weight excluding hydrogens is 364 g/mol. The van der Waals surface area contributed by atoms with Gasteiger partial charge in [-0.15, -0.1) is 11.3 Å². The molecule has 0 bridgehead atoms. The van der Waals surface area contributed by atoms with Crippen LogP contribution in [-0.2, 0) is 24.2 Å². The van der Waals surface area contributed by atoms with Gasteiger partial charge < -0.3 is 5.32 Å². The van der Waals surface area contributed by atoms with Crippen LogP contribution in [0.1, 0.15) is 49.5 Å². The molecule has 1 fully saturated rings. The SMILES string of the molecule is C[C@H]1CCc2c(sc3ncn(CC(=O)NC(=O)NC4CCCC4)c(=O)c23)C1. The number of nitrogens with zero attached hydrogens (tertiary/aromatic N) is 2. The molecule has 2 N–H and O–H groups in total. The van der Waals surface area contributed by atoms with Gasteiger partial charge in [-0.2, -0.15) is 0 Å². The normalized spacial score (nSPS) is 19.8. The summed E-state index contributed by atoms with van der Waals surface area (Å²) < 4.78 is 1.30. The van der Waals surface area contributed by atoms with Crippen molar-refractivity contribution in [1.29, 1.82) is 0 Å². The van der Waals surface area contributed by atoms with Crippen molar-refractivity contribution in [2.24, 2.45) is 5.92 Å². The number of urea groups is 1. The third kappa shape index (κ3) is 3.76. The van der Waals surface area contributed by atoms with Gasteiger partial charge in [0.2, 0.25) is 5.91 Å². The third-order valence-electron chi connectivity index (χ3n) is 5.54. The topological polar surface area (TPSA) is 93.1 Å². The molecule has 2 heterocycles. The van der Waals surface area contributed by atoms with Gasteiger partial charge in [-0.3, -0.25) is 19.5 Å². The first kappa shape index (κ1) is 18.2. The lowest BCUT2D eigenvalue weighted by molar-refractivity contribution is -0.120. The Morgan fingerprint density at radius 3 is 2.85 bits per heavy atom. The Labute approximate surface area is 161 Å². The van der Waals surface area contributed by atoms with E-state index in [4.69, 9.17) is 0 Å². The first-order valence-electron chi connectivity index (χ1n) is 9.61. The Balaban J connectivity index is 1.48. The van der Waals surface area contributed by atoms with E-state index in [0.29, 0.717) is 11.3 Å². The van der Waals surface area contributed by atoms with E-state index in [9.17, 15) is 14.4 Å². The van der Waals surface area contributed by atoms with E-state index in [2.05, 4.69) is 22.5 Å². The van der Waals surface area contributed by atoms with Crippen molar-refractivity contribution in [3.8, 4) is 0 Å². The van der Waals surface area contributed by atoms with Crippen molar-refractivity contribution >= 4 is 33.5 Å². The molecule has 0 saturated heterocycles. The number of aryl methyl sites for hydroxylation is 1. The molecule has 144 valence electrons. The minimum absolute atomic E-state index is 0.137. The Morgan fingerprint density at radius 2 is 2.07 bits per heavy atom. The third-order valence-corrected chi connectivity index (χ3v) is 6.70. The maximum absolute atomic E-state index is 12.9. The molecule has 7 nitrogen and oxygen atoms in total. The average molecular weight is 388 g/mol. The van der Waals surface area contributed by atoms with Crippen molar-refractivity contribution in [2.45, 2.75) is 64.5 Å². The minimum Gasteiger partial charge on any atom is -0.335 e. The Bertz CT molecular complexity index is 942. The molecule has 3 amide bonds. The van der Waals surface area contributed by atoms with Crippen LogP contribution >= 0.6 is 11.3 Å². The molecule has 27 heavy (non-hydrogen) atoms. The Morgan fingerprint density at radius 1 is 1.30 bits per heavy atom. The standard InChI is InChI=1S/C19H24N4O3S/c1-11-6-7-13-14(8-11)27-17-16(13)18(25)23(10-20-17)9-15(24)22-19(26)21-12-4-2-3-5-12/h10-12H,2-9H2,1H3,(H2,21,22,24,26)/t11-/m0/s1. The van der Waals surface area contributed by atoms with E-state index < -0.39 is 11.9 Å². The number of fused-ring (bicyclic) bond motifs is 3. The first-order chi connectivity index (χ1) is 13.0. The lowest BCUT2D eigenvalue weighted by Crippen LogP contribution is -2.45. The maximum Gasteiger partial charge on any atom is 0.321 e. The highest BCUT2D eigenvalue weighted by Crippen LogP contribution is 2.35. The van der Waals surface area contributed by atoms with E-state index in [0.717, 1.165) is 55.3 Å². The fourth-order valence-electron chi connectivity index (χ4n) is 4.09. The highest BCUT2D eigenvalue weighted by molar-refractivity contribution is 7.18. The average Bonchev–Trinajstić information content (AvgIpc) is 3.24. The molecule has 4 rings (SSSR count). The number of imide groups is 1. The van der Waals surface area contributed by atoms with Gasteiger partial charge in [0.05, 0.1) is 11.7 Å². The first-order valence-corrected chi connectivity index (χ1v) is 10.4. The molecule has 0 spiro atoms. The summed E-state index contributed by atoms with van der Waals surface area (Å²) in [5, 5.41) is 5.77. The smallest absolute Gasteiger partial charge is 0.321 e. The zero-order valence-electron chi connectivity index (χ0n) is 15.4. The summed E-state index contributed by atoms with van der Waals surface area (Å²) in [6, 6.07) is -0.353. The number of thiophene rings is 1. The van der Waals surface area contributed by atoms with Crippen LogP contribution in [0.15, 0.2) is 11.1 Å². The predicted octanol–water partition coefficient (Wildman–Crippen LogP) is 2.35. The fourth-order valence-corrected chi connectivity index (χ4v) is 5.43. The molecule has 1 atom stereocenters. The molecule has 1 saturated carbocycles. The van der Waals surface area contributed by atoms with Crippen LogP contribution in [0.4, 0.5) is 4.79 Å². The molecule has 0 aliphatic heterocycles. The van der Waals surface area contributed by atoms with Crippen LogP contribution < -0.4 is 16.2 Å². The predicted molar refractivity (Wildman–Crippen MR) is 104 cm³/mol. The largest absolute Gasteiger partial charge is 0.335 e. The molecule has 2 aromatic rings. The summed E-state index contributed by atoms with van der Waals surface area (Å²) in [5.41, 5.74) is 0.901. The van der Waals surface area contributed by atoms with Crippen molar-refractivity contribution in [1.82, 2.24) is 20.2 Å². The molecular formula is C19H24N4O3S. The summed E-state index contributed by atoms with van der Waals surface area (Å²) >= 11 is 1.58.